The predicted molar refractivity (Wildman–Crippen MR) is 119 cm³/mol. The lowest BCUT2D eigenvalue weighted by atomic mass is 9.86. The zero-order valence-corrected chi connectivity index (χ0v) is 18.0. The summed E-state index contributed by atoms with van der Waals surface area (Å²) in [6, 6.07) is 6.70. The van der Waals surface area contributed by atoms with Crippen LogP contribution in [-0.4, -0.2) is 32.3 Å². The van der Waals surface area contributed by atoms with Crippen LogP contribution in [0.3, 0.4) is 0 Å². The molecule has 8 heteroatoms. The van der Waals surface area contributed by atoms with Crippen LogP contribution in [0.2, 0.25) is 0 Å². The molecule has 0 bridgehead atoms. The first-order valence-electron chi connectivity index (χ1n) is 10.4. The number of aryl methyl sites for hydroxylation is 1. The Morgan fingerprint density at radius 3 is 2.73 bits per heavy atom. The van der Waals surface area contributed by atoms with E-state index in [1.54, 1.807) is 24.3 Å². The van der Waals surface area contributed by atoms with Gasteiger partial charge in [0.05, 0.1) is 17.0 Å². The third-order valence-electron chi connectivity index (χ3n) is 5.41. The van der Waals surface area contributed by atoms with Crippen LogP contribution in [0.1, 0.15) is 54.7 Å². The molecular formula is C22H29N5O2S. The van der Waals surface area contributed by atoms with E-state index in [-0.39, 0.29) is 17.2 Å². The number of aromatic nitrogens is 3. The molecule has 0 spiro atoms. The highest BCUT2D eigenvalue weighted by molar-refractivity contribution is 7.99. The first kappa shape index (κ1) is 22.1. The summed E-state index contributed by atoms with van der Waals surface area (Å²) < 4.78 is 2.03. The number of carbonyl (C=O) groups is 2. The van der Waals surface area contributed by atoms with E-state index < -0.39 is 5.91 Å². The maximum Gasteiger partial charge on any atom is 0.250 e. The Balaban J connectivity index is 1.59. The number of amides is 2. The molecule has 0 saturated heterocycles. The minimum atomic E-state index is -0.577. The van der Waals surface area contributed by atoms with E-state index in [2.05, 4.69) is 22.1 Å². The van der Waals surface area contributed by atoms with Crippen LogP contribution in [0, 0.1) is 5.92 Å². The van der Waals surface area contributed by atoms with Gasteiger partial charge in [0, 0.05) is 13.0 Å². The second-order valence-electron chi connectivity index (χ2n) is 7.59. The molecule has 3 rings (SSSR count). The highest BCUT2D eigenvalue weighted by atomic mass is 32.2. The van der Waals surface area contributed by atoms with E-state index in [4.69, 9.17) is 5.73 Å². The minimum absolute atomic E-state index is 0.158. The molecule has 2 amide bonds. The third kappa shape index (κ3) is 5.95. The molecule has 1 aliphatic rings. The van der Waals surface area contributed by atoms with Crippen LogP contribution in [0.25, 0.3) is 0 Å². The Kier molecular flexibility index (Phi) is 8.07. The number of nitrogens with one attached hydrogen (secondary N) is 1. The zero-order chi connectivity index (χ0) is 21.3. The number of nitrogens with zero attached hydrogens (tertiary/aromatic N) is 3. The fraction of sp³-hybridized carbons (Fsp3) is 0.455. The van der Waals surface area contributed by atoms with Crippen LogP contribution >= 0.6 is 11.8 Å². The molecule has 0 radical (unpaired) electrons. The molecule has 1 heterocycles. The lowest BCUT2D eigenvalue weighted by molar-refractivity contribution is -0.113. The van der Waals surface area contributed by atoms with Crippen molar-refractivity contribution in [1.29, 1.82) is 0 Å². The Labute approximate surface area is 181 Å². The zero-order valence-electron chi connectivity index (χ0n) is 17.2. The summed E-state index contributed by atoms with van der Waals surface area (Å²) in [5.74, 6) is 1.07. The van der Waals surface area contributed by atoms with Crippen molar-refractivity contribution in [3.63, 3.8) is 0 Å². The van der Waals surface area contributed by atoms with Crippen molar-refractivity contribution in [2.24, 2.45) is 11.7 Å². The van der Waals surface area contributed by atoms with Crippen LogP contribution in [0.5, 0.6) is 0 Å². The van der Waals surface area contributed by atoms with Crippen LogP contribution in [0.15, 0.2) is 42.1 Å². The van der Waals surface area contributed by atoms with E-state index >= 15 is 0 Å². The van der Waals surface area contributed by atoms with Gasteiger partial charge in [-0.1, -0.05) is 62.1 Å². The summed E-state index contributed by atoms with van der Waals surface area (Å²) in [4.78, 5) is 23.9. The lowest BCUT2D eigenvalue weighted by Crippen LogP contribution is -2.19. The summed E-state index contributed by atoms with van der Waals surface area (Å²) in [5.41, 5.74) is 6.07. The summed E-state index contributed by atoms with van der Waals surface area (Å²) in [7, 11) is 0. The van der Waals surface area contributed by atoms with E-state index in [0.29, 0.717) is 17.4 Å². The van der Waals surface area contributed by atoms with Gasteiger partial charge in [-0.25, -0.2) is 0 Å². The second-order valence-corrected chi connectivity index (χ2v) is 8.53. The fourth-order valence-corrected chi connectivity index (χ4v) is 4.62. The number of allylic oxidation sites excluding steroid dienone is 1. The number of hydrogen-bond acceptors (Lipinski definition) is 5. The molecule has 1 saturated carbocycles. The van der Waals surface area contributed by atoms with Gasteiger partial charge in [-0.05, 0) is 24.5 Å². The summed E-state index contributed by atoms with van der Waals surface area (Å²) in [5, 5.41) is 12.1. The molecular weight excluding hydrogens is 398 g/mol. The highest BCUT2D eigenvalue weighted by Gasteiger charge is 2.18. The molecule has 3 N–H and O–H groups in total. The van der Waals surface area contributed by atoms with Gasteiger partial charge in [0.1, 0.15) is 5.82 Å². The highest BCUT2D eigenvalue weighted by Crippen LogP contribution is 2.28. The van der Waals surface area contributed by atoms with Gasteiger partial charge in [0.15, 0.2) is 5.16 Å². The van der Waals surface area contributed by atoms with Crippen molar-refractivity contribution in [1.82, 2.24) is 14.8 Å². The number of benzene rings is 1. The molecule has 1 aliphatic carbocycles. The Bertz CT molecular complexity index is 889. The topological polar surface area (TPSA) is 103 Å². The summed E-state index contributed by atoms with van der Waals surface area (Å²) in [6.45, 7) is 4.45. The van der Waals surface area contributed by atoms with Gasteiger partial charge >= 0.3 is 0 Å². The van der Waals surface area contributed by atoms with Crippen molar-refractivity contribution < 1.29 is 9.59 Å². The van der Waals surface area contributed by atoms with Gasteiger partial charge in [0.25, 0.3) is 5.91 Å². The minimum Gasteiger partial charge on any atom is -0.366 e. The number of primary amides is 1. The van der Waals surface area contributed by atoms with Gasteiger partial charge in [-0.15, -0.1) is 16.8 Å². The number of hydrogen-bond donors (Lipinski definition) is 2. The Hall–Kier alpha value is -2.61. The van der Waals surface area contributed by atoms with E-state index in [1.807, 2.05) is 10.6 Å². The number of carbonyl (C=O) groups excluding carboxylic acids is 2. The molecule has 0 atom stereocenters. The fourth-order valence-electron chi connectivity index (χ4n) is 3.86. The summed E-state index contributed by atoms with van der Waals surface area (Å²) in [6.07, 6.45) is 10.5. The van der Waals surface area contributed by atoms with Gasteiger partial charge < -0.3 is 15.6 Å². The van der Waals surface area contributed by atoms with Gasteiger partial charge in [-0.3, -0.25) is 9.59 Å². The number of rotatable bonds is 10. The molecule has 0 unspecified atom stereocenters. The van der Waals surface area contributed by atoms with Crippen molar-refractivity contribution in [2.45, 2.75) is 56.6 Å². The smallest absolute Gasteiger partial charge is 0.250 e. The normalized spacial score (nSPS) is 14.4. The largest absolute Gasteiger partial charge is 0.366 e. The molecule has 1 fully saturated rings. The monoisotopic (exact) mass is 427 g/mol. The first-order valence-corrected chi connectivity index (χ1v) is 11.4. The number of para-hydroxylation sites is 1. The molecule has 1 aromatic heterocycles. The molecule has 0 aliphatic heterocycles. The van der Waals surface area contributed by atoms with Gasteiger partial charge in [-0.2, -0.15) is 0 Å². The number of nitrogens with two attached hydrogens (primary N) is 1. The van der Waals surface area contributed by atoms with Crippen molar-refractivity contribution >= 4 is 29.3 Å². The molecule has 7 nitrogen and oxygen atoms in total. The molecule has 160 valence electrons. The van der Waals surface area contributed by atoms with Crippen LogP contribution in [0.4, 0.5) is 5.69 Å². The maximum atomic E-state index is 12.4. The Morgan fingerprint density at radius 2 is 2.00 bits per heavy atom. The van der Waals surface area contributed by atoms with Crippen LogP contribution in [-0.2, 0) is 17.8 Å². The quantitative estimate of drug-likeness (QED) is 0.443. The molecule has 30 heavy (non-hydrogen) atoms. The maximum absolute atomic E-state index is 12.4. The summed E-state index contributed by atoms with van der Waals surface area (Å²) >= 11 is 1.32. The second kappa shape index (κ2) is 11.0. The molecule has 2 aromatic rings. The number of thioether (sulfide) groups is 1. The average molecular weight is 428 g/mol. The first-order chi connectivity index (χ1) is 14.6. The average Bonchev–Trinajstić information content (AvgIpc) is 3.13. The van der Waals surface area contributed by atoms with E-state index in [0.717, 1.165) is 24.6 Å². The van der Waals surface area contributed by atoms with Crippen LogP contribution < -0.4 is 11.1 Å². The standard InChI is InChI=1S/C22H29N5O2S/c1-2-14-27-19(13-12-16-8-4-3-5-9-16)25-26-22(27)30-15-20(28)24-18-11-7-6-10-17(18)21(23)29/h2,6-7,10-11,16H,1,3-5,8-9,12-15H2,(H2,23,29)(H,24,28). The molecule has 1 aromatic carbocycles. The van der Waals surface area contributed by atoms with Crippen molar-refractivity contribution in [3.8, 4) is 0 Å². The SMILES string of the molecule is C=CCn1c(CCC2CCCCC2)nnc1SCC(=O)Nc1ccccc1C(N)=O. The lowest BCUT2D eigenvalue weighted by Gasteiger charge is -2.21. The van der Waals surface area contributed by atoms with Crippen molar-refractivity contribution in [3.05, 3.63) is 48.3 Å². The third-order valence-corrected chi connectivity index (χ3v) is 6.37. The van der Waals surface area contributed by atoms with Crippen molar-refractivity contribution in [2.75, 3.05) is 11.1 Å². The van der Waals surface area contributed by atoms with E-state index in [9.17, 15) is 9.59 Å². The predicted octanol–water partition coefficient (Wildman–Crippen LogP) is 3.81. The van der Waals surface area contributed by atoms with E-state index in [1.165, 1.54) is 43.9 Å². The Morgan fingerprint density at radius 1 is 1.23 bits per heavy atom. The van der Waals surface area contributed by atoms with Gasteiger partial charge in [0.2, 0.25) is 5.91 Å². The number of anilines is 1.